The summed E-state index contributed by atoms with van der Waals surface area (Å²) in [5, 5.41) is 12.8. The summed E-state index contributed by atoms with van der Waals surface area (Å²) in [6.07, 6.45) is 0. The number of hydrogen-bond acceptors (Lipinski definition) is 3. The SMILES string of the molecule is Cc1cccc(NCC(=O)[O-])c1.[Na+]. The molecule has 1 rings (SSSR count). The van der Waals surface area contributed by atoms with Crippen LogP contribution < -0.4 is 40.0 Å². The summed E-state index contributed by atoms with van der Waals surface area (Å²) in [7, 11) is 0. The van der Waals surface area contributed by atoms with E-state index >= 15 is 0 Å². The van der Waals surface area contributed by atoms with E-state index in [1.54, 1.807) is 0 Å². The summed E-state index contributed by atoms with van der Waals surface area (Å²) in [6, 6.07) is 7.51. The number of carboxylic acid groups (broad SMARTS) is 1. The molecule has 0 saturated carbocycles. The molecule has 0 bridgehead atoms. The minimum absolute atomic E-state index is 0. The molecule has 0 heterocycles. The molecule has 0 amide bonds. The van der Waals surface area contributed by atoms with E-state index in [2.05, 4.69) is 5.32 Å². The van der Waals surface area contributed by atoms with Gasteiger partial charge < -0.3 is 15.2 Å². The number of aliphatic carboxylic acids is 1. The Morgan fingerprint density at radius 1 is 1.54 bits per heavy atom. The molecule has 0 spiro atoms. The molecule has 3 nitrogen and oxygen atoms in total. The van der Waals surface area contributed by atoms with Crippen molar-refractivity contribution in [2.24, 2.45) is 0 Å². The van der Waals surface area contributed by atoms with Crippen LogP contribution in [0.2, 0.25) is 0 Å². The van der Waals surface area contributed by atoms with Crippen LogP contribution in [-0.4, -0.2) is 12.5 Å². The number of hydrogen-bond donors (Lipinski definition) is 1. The summed E-state index contributed by atoms with van der Waals surface area (Å²) < 4.78 is 0. The minimum Gasteiger partial charge on any atom is -0.548 e. The van der Waals surface area contributed by atoms with Gasteiger partial charge in [-0.2, -0.15) is 0 Å². The molecule has 1 aromatic rings. The Kier molecular flexibility index (Phi) is 5.79. The van der Waals surface area contributed by atoms with Gasteiger partial charge in [-0.25, -0.2) is 0 Å². The fraction of sp³-hybridized carbons (Fsp3) is 0.222. The summed E-state index contributed by atoms with van der Waals surface area (Å²) in [6.45, 7) is 1.80. The quantitative estimate of drug-likeness (QED) is 0.519. The summed E-state index contributed by atoms with van der Waals surface area (Å²) in [4.78, 5) is 10.1. The van der Waals surface area contributed by atoms with Gasteiger partial charge in [0.25, 0.3) is 0 Å². The van der Waals surface area contributed by atoms with Crippen molar-refractivity contribution in [2.75, 3.05) is 11.9 Å². The van der Waals surface area contributed by atoms with Gasteiger partial charge in [0.1, 0.15) is 0 Å². The standard InChI is InChI=1S/C9H11NO2.Na/c1-7-3-2-4-8(5-7)10-6-9(11)12;/h2-5,10H,6H2,1H3,(H,11,12);/q;+1/p-1. The van der Waals surface area contributed by atoms with Gasteiger partial charge >= 0.3 is 29.6 Å². The zero-order chi connectivity index (χ0) is 8.97. The van der Waals surface area contributed by atoms with Crippen LogP contribution in [0.15, 0.2) is 24.3 Å². The average Bonchev–Trinajstić information content (AvgIpc) is 2.01. The van der Waals surface area contributed by atoms with Crippen molar-refractivity contribution < 1.29 is 39.5 Å². The third kappa shape index (κ3) is 4.93. The monoisotopic (exact) mass is 187 g/mol. The minimum atomic E-state index is -1.10. The number of anilines is 1. The van der Waals surface area contributed by atoms with Gasteiger partial charge in [-0.15, -0.1) is 0 Å². The zero-order valence-electron chi connectivity index (χ0n) is 7.83. The number of carbonyl (C=O) groups excluding carboxylic acids is 1. The Labute approximate surface area is 99.4 Å². The zero-order valence-corrected chi connectivity index (χ0v) is 9.83. The first-order valence-electron chi connectivity index (χ1n) is 3.69. The maximum atomic E-state index is 10.1. The van der Waals surface area contributed by atoms with Crippen molar-refractivity contribution >= 4 is 11.7 Å². The van der Waals surface area contributed by atoms with Crippen molar-refractivity contribution in [1.82, 2.24) is 0 Å². The molecule has 0 fully saturated rings. The molecule has 0 aliphatic carbocycles. The molecule has 0 aliphatic rings. The van der Waals surface area contributed by atoms with Crippen molar-refractivity contribution in [3.63, 3.8) is 0 Å². The van der Waals surface area contributed by atoms with Crippen molar-refractivity contribution in [3.8, 4) is 0 Å². The van der Waals surface area contributed by atoms with E-state index < -0.39 is 5.97 Å². The predicted octanol–water partition coefficient (Wildman–Crippen LogP) is -2.84. The van der Waals surface area contributed by atoms with Gasteiger partial charge in [0.2, 0.25) is 0 Å². The molecule has 1 aromatic carbocycles. The Morgan fingerprint density at radius 3 is 2.77 bits per heavy atom. The fourth-order valence-corrected chi connectivity index (χ4v) is 0.929. The number of rotatable bonds is 3. The van der Waals surface area contributed by atoms with Gasteiger partial charge in [-0.3, -0.25) is 0 Å². The molecule has 1 N–H and O–H groups in total. The maximum absolute atomic E-state index is 10.1. The normalized spacial score (nSPS) is 8.69. The maximum Gasteiger partial charge on any atom is 1.00 e. The summed E-state index contributed by atoms with van der Waals surface area (Å²) in [5.74, 6) is -1.10. The number of nitrogens with one attached hydrogen (secondary N) is 1. The van der Waals surface area contributed by atoms with Gasteiger partial charge in [-0.05, 0) is 24.6 Å². The van der Waals surface area contributed by atoms with Crippen LogP contribution in [0.5, 0.6) is 0 Å². The second-order valence-corrected chi connectivity index (χ2v) is 2.60. The van der Waals surface area contributed by atoms with Crippen LogP contribution in [0, 0.1) is 6.92 Å². The van der Waals surface area contributed by atoms with E-state index in [-0.39, 0.29) is 36.1 Å². The van der Waals surface area contributed by atoms with Crippen LogP contribution in [-0.2, 0) is 4.79 Å². The van der Waals surface area contributed by atoms with Gasteiger partial charge in [0, 0.05) is 5.69 Å². The summed E-state index contributed by atoms with van der Waals surface area (Å²) >= 11 is 0. The predicted molar refractivity (Wildman–Crippen MR) is 44.7 cm³/mol. The number of carboxylic acids is 1. The molecular weight excluding hydrogens is 177 g/mol. The Morgan fingerprint density at radius 2 is 2.23 bits per heavy atom. The van der Waals surface area contributed by atoms with Crippen molar-refractivity contribution in [3.05, 3.63) is 29.8 Å². The van der Waals surface area contributed by atoms with Gasteiger partial charge in [0.15, 0.2) is 0 Å². The van der Waals surface area contributed by atoms with Crippen LogP contribution in [0.4, 0.5) is 5.69 Å². The fourth-order valence-electron chi connectivity index (χ4n) is 0.929. The number of benzene rings is 1. The molecule has 0 radical (unpaired) electrons. The smallest absolute Gasteiger partial charge is 0.548 e. The van der Waals surface area contributed by atoms with Crippen LogP contribution in [0.25, 0.3) is 0 Å². The molecule has 4 heteroatoms. The molecule has 0 unspecified atom stereocenters. The second-order valence-electron chi connectivity index (χ2n) is 2.60. The average molecular weight is 187 g/mol. The van der Waals surface area contributed by atoms with Crippen molar-refractivity contribution in [1.29, 1.82) is 0 Å². The van der Waals surface area contributed by atoms with Crippen LogP contribution in [0.3, 0.4) is 0 Å². The van der Waals surface area contributed by atoms with Crippen LogP contribution in [0.1, 0.15) is 5.56 Å². The van der Waals surface area contributed by atoms with Gasteiger partial charge in [0.05, 0.1) is 12.5 Å². The Hall–Kier alpha value is -0.510. The van der Waals surface area contributed by atoms with E-state index in [9.17, 15) is 9.90 Å². The molecule has 64 valence electrons. The number of carbonyl (C=O) groups is 1. The largest absolute Gasteiger partial charge is 1.00 e. The first-order chi connectivity index (χ1) is 5.68. The van der Waals surface area contributed by atoms with E-state index in [1.165, 1.54) is 0 Å². The third-order valence-corrected chi connectivity index (χ3v) is 1.45. The molecule has 13 heavy (non-hydrogen) atoms. The van der Waals surface area contributed by atoms with Crippen molar-refractivity contribution in [2.45, 2.75) is 6.92 Å². The Bertz CT molecular complexity index is 289. The first kappa shape index (κ1) is 12.5. The molecular formula is C9H10NNaO2. The molecule has 0 aliphatic heterocycles. The molecule has 0 saturated heterocycles. The van der Waals surface area contributed by atoms with Crippen LogP contribution >= 0.6 is 0 Å². The van der Waals surface area contributed by atoms with E-state index in [0.29, 0.717) is 0 Å². The molecule has 0 atom stereocenters. The van der Waals surface area contributed by atoms with E-state index in [4.69, 9.17) is 0 Å². The van der Waals surface area contributed by atoms with E-state index in [0.717, 1.165) is 11.3 Å². The third-order valence-electron chi connectivity index (χ3n) is 1.45. The van der Waals surface area contributed by atoms with Gasteiger partial charge in [-0.1, -0.05) is 12.1 Å². The second kappa shape index (κ2) is 6.02. The topological polar surface area (TPSA) is 52.2 Å². The summed E-state index contributed by atoms with van der Waals surface area (Å²) in [5.41, 5.74) is 1.90. The van der Waals surface area contributed by atoms with E-state index in [1.807, 2.05) is 31.2 Å². The molecule has 0 aromatic heterocycles. The number of aryl methyl sites for hydroxylation is 1. The first-order valence-corrected chi connectivity index (χ1v) is 3.69. The Balaban J connectivity index is 0.00000144.